The van der Waals surface area contributed by atoms with E-state index in [0.29, 0.717) is 11.7 Å². The molecule has 2 rings (SSSR count). The van der Waals surface area contributed by atoms with E-state index in [2.05, 4.69) is 36.3 Å². The molecule has 116 valence electrons. The van der Waals surface area contributed by atoms with E-state index in [1.165, 1.54) is 6.07 Å². The lowest BCUT2D eigenvalue weighted by Gasteiger charge is -2.34. The standard InChI is InChI=1S/C15H20F3N3/c1-10-6-12(8-14(2,3)7-10)20-21-13-5-4-11(9-19-13)15(16,17)18/h4-5,9-10H,6-8H2,1-3H3,(H,19,21)/b20-12+. The molecule has 1 unspecified atom stereocenters. The molecule has 1 aromatic rings. The number of nitrogens with zero attached hydrogens (tertiary/aromatic N) is 2. The normalized spacial score (nSPS) is 24.1. The Bertz CT molecular complexity index is 518. The van der Waals surface area contributed by atoms with Gasteiger partial charge in [-0.1, -0.05) is 20.8 Å². The van der Waals surface area contributed by atoms with Crippen LogP contribution in [0.15, 0.2) is 23.4 Å². The summed E-state index contributed by atoms with van der Waals surface area (Å²) >= 11 is 0. The van der Waals surface area contributed by atoms with Gasteiger partial charge >= 0.3 is 6.18 Å². The van der Waals surface area contributed by atoms with Crippen LogP contribution < -0.4 is 5.43 Å². The van der Waals surface area contributed by atoms with E-state index in [4.69, 9.17) is 0 Å². The highest BCUT2D eigenvalue weighted by molar-refractivity contribution is 5.86. The summed E-state index contributed by atoms with van der Waals surface area (Å²) in [4.78, 5) is 3.75. The second-order valence-corrected chi connectivity index (χ2v) is 6.57. The zero-order chi connectivity index (χ0) is 15.7. The van der Waals surface area contributed by atoms with E-state index in [0.717, 1.165) is 37.2 Å². The van der Waals surface area contributed by atoms with Crippen molar-refractivity contribution in [3.05, 3.63) is 23.9 Å². The van der Waals surface area contributed by atoms with Crippen LogP contribution in [-0.4, -0.2) is 10.7 Å². The summed E-state index contributed by atoms with van der Waals surface area (Å²) in [7, 11) is 0. The first-order valence-electron chi connectivity index (χ1n) is 7.00. The van der Waals surface area contributed by atoms with Gasteiger partial charge in [-0.25, -0.2) is 4.98 Å². The number of pyridine rings is 1. The number of alkyl halides is 3. The Morgan fingerprint density at radius 1 is 1.33 bits per heavy atom. The van der Waals surface area contributed by atoms with Gasteiger partial charge in [0.05, 0.1) is 5.56 Å². The quantitative estimate of drug-likeness (QED) is 0.803. The molecule has 21 heavy (non-hydrogen) atoms. The van der Waals surface area contributed by atoms with E-state index < -0.39 is 11.7 Å². The van der Waals surface area contributed by atoms with Gasteiger partial charge in [-0.2, -0.15) is 18.3 Å². The Hall–Kier alpha value is -1.59. The zero-order valence-corrected chi connectivity index (χ0v) is 12.5. The predicted octanol–water partition coefficient (Wildman–Crippen LogP) is 4.71. The van der Waals surface area contributed by atoms with Gasteiger partial charge in [0, 0.05) is 11.9 Å². The molecular formula is C15H20F3N3. The smallest absolute Gasteiger partial charge is 0.261 e. The summed E-state index contributed by atoms with van der Waals surface area (Å²) in [5, 5.41) is 4.31. The second-order valence-electron chi connectivity index (χ2n) is 6.57. The number of hydrazone groups is 1. The highest BCUT2D eigenvalue weighted by atomic mass is 19.4. The highest BCUT2D eigenvalue weighted by Crippen LogP contribution is 2.37. The fourth-order valence-electron chi connectivity index (χ4n) is 2.96. The summed E-state index contributed by atoms with van der Waals surface area (Å²) in [5.41, 5.74) is 3.26. The Kier molecular flexibility index (Phi) is 4.25. The molecule has 1 N–H and O–H groups in total. The minimum atomic E-state index is -4.36. The lowest BCUT2D eigenvalue weighted by atomic mass is 9.72. The SMILES string of the molecule is CC1C/C(=N\Nc2ccc(C(F)(F)F)cn2)CC(C)(C)C1. The summed E-state index contributed by atoms with van der Waals surface area (Å²) in [5.74, 6) is 0.890. The van der Waals surface area contributed by atoms with Crippen molar-refractivity contribution in [3.8, 4) is 0 Å². The van der Waals surface area contributed by atoms with Gasteiger partial charge in [0.15, 0.2) is 0 Å². The van der Waals surface area contributed by atoms with Gasteiger partial charge in [-0.3, -0.25) is 5.43 Å². The van der Waals surface area contributed by atoms with Gasteiger partial charge in [0.1, 0.15) is 5.82 Å². The summed E-state index contributed by atoms with van der Waals surface area (Å²) < 4.78 is 37.3. The molecule has 1 heterocycles. The molecule has 1 saturated carbocycles. The van der Waals surface area contributed by atoms with Crippen molar-refractivity contribution >= 4 is 11.5 Å². The molecule has 3 nitrogen and oxygen atoms in total. The summed E-state index contributed by atoms with van der Waals surface area (Å²) in [6.07, 6.45) is -0.581. The monoisotopic (exact) mass is 299 g/mol. The number of aromatic nitrogens is 1. The minimum absolute atomic E-state index is 0.214. The van der Waals surface area contributed by atoms with Gasteiger partial charge in [-0.15, -0.1) is 0 Å². The summed E-state index contributed by atoms with van der Waals surface area (Å²) in [6.45, 7) is 6.59. The average Bonchev–Trinajstić information content (AvgIpc) is 2.33. The molecular weight excluding hydrogens is 279 g/mol. The second kappa shape index (κ2) is 5.66. The number of hydrogen-bond acceptors (Lipinski definition) is 3. The molecule has 6 heteroatoms. The number of halogens is 3. The van der Waals surface area contributed by atoms with E-state index in [1.807, 2.05) is 0 Å². The van der Waals surface area contributed by atoms with Crippen LogP contribution in [0.4, 0.5) is 19.0 Å². The Morgan fingerprint density at radius 2 is 2.05 bits per heavy atom. The number of rotatable bonds is 2. The largest absolute Gasteiger partial charge is 0.417 e. The van der Waals surface area contributed by atoms with Gasteiger partial charge < -0.3 is 0 Å². The Morgan fingerprint density at radius 3 is 2.57 bits per heavy atom. The van der Waals surface area contributed by atoms with Gasteiger partial charge in [-0.05, 0) is 42.7 Å². The Labute approximate surface area is 122 Å². The summed E-state index contributed by atoms with van der Waals surface area (Å²) in [6, 6.07) is 2.30. The molecule has 1 aliphatic carbocycles. The van der Waals surface area contributed by atoms with Crippen LogP contribution in [0, 0.1) is 11.3 Å². The molecule has 1 fully saturated rings. The van der Waals surface area contributed by atoms with Crippen molar-refractivity contribution in [2.24, 2.45) is 16.4 Å². The van der Waals surface area contributed by atoms with E-state index in [1.54, 1.807) is 0 Å². The third kappa shape index (κ3) is 4.44. The lowest BCUT2D eigenvalue weighted by molar-refractivity contribution is -0.137. The van der Waals surface area contributed by atoms with Crippen LogP contribution >= 0.6 is 0 Å². The Balaban J connectivity index is 2.03. The van der Waals surface area contributed by atoms with E-state index in [9.17, 15) is 13.2 Å². The molecule has 1 aromatic heterocycles. The van der Waals surface area contributed by atoms with Crippen molar-refractivity contribution in [3.63, 3.8) is 0 Å². The molecule has 0 radical (unpaired) electrons. The third-order valence-corrected chi connectivity index (χ3v) is 3.59. The van der Waals surface area contributed by atoms with Crippen LogP contribution in [0.3, 0.4) is 0 Å². The van der Waals surface area contributed by atoms with Crippen LogP contribution in [0.2, 0.25) is 0 Å². The zero-order valence-electron chi connectivity index (χ0n) is 12.5. The van der Waals surface area contributed by atoms with Crippen molar-refractivity contribution in [2.75, 3.05) is 5.43 Å². The maximum atomic E-state index is 12.4. The van der Waals surface area contributed by atoms with Crippen LogP contribution in [0.25, 0.3) is 0 Å². The first-order valence-corrected chi connectivity index (χ1v) is 7.00. The predicted molar refractivity (Wildman–Crippen MR) is 77.1 cm³/mol. The van der Waals surface area contributed by atoms with Crippen molar-refractivity contribution < 1.29 is 13.2 Å². The first kappa shape index (κ1) is 15.8. The highest BCUT2D eigenvalue weighted by Gasteiger charge is 2.31. The van der Waals surface area contributed by atoms with Crippen LogP contribution in [0.5, 0.6) is 0 Å². The molecule has 1 atom stereocenters. The van der Waals surface area contributed by atoms with E-state index >= 15 is 0 Å². The topological polar surface area (TPSA) is 37.3 Å². The average molecular weight is 299 g/mol. The molecule has 0 bridgehead atoms. The first-order chi connectivity index (χ1) is 9.66. The van der Waals surface area contributed by atoms with Gasteiger partial charge in [0.25, 0.3) is 0 Å². The molecule has 0 spiro atoms. The maximum Gasteiger partial charge on any atom is 0.417 e. The molecule has 0 aliphatic heterocycles. The molecule has 0 saturated heterocycles. The maximum absolute atomic E-state index is 12.4. The molecule has 0 aromatic carbocycles. The minimum Gasteiger partial charge on any atom is -0.261 e. The number of anilines is 1. The molecule has 0 amide bonds. The van der Waals surface area contributed by atoms with Crippen molar-refractivity contribution in [2.45, 2.75) is 46.2 Å². The van der Waals surface area contributed by atoms with E-state index in [-0.39, 0.29) is 5.41 Å². The van der Waals surface area contributed by atoms with Gasteiger partial charge in [0.2, 0.25) is 0 Å². The fraction of sp³-hybridized carbons (Fsp3) is 0.600. The fourth-order valence-corrected chi connectivity index (χ4v) is 2.96. The number of nitrogens with one attached hydrogen (secondary N) is 1. The molecule has 1 aliphatic rings. The van der Waals surface area contributed by atoms with Crippen LogP contribution in [-0.2, 0) is 6.18 Å². The van der Waals surface area contributed by atoms with Crippen molar-refractivity contribution in [1.29, 1.82) is 0 Å². The van der Waals surface area contributed by atoms with Crippen LogP contribution in [0.1, 0.15) is 45.6 Å². The third-order valence-electron chi connectivity index (χ3n) is 3.59. The lowest BCUT2D eigenvalue weighted by Crippen LogP contribution is -2.28. The number of hydrogen-bond donors (Lipinski definition) is 1. The van der Waals surface area contributed by atoms with Crippen molar-refractivity contribution in [1.82, 2.24) is 4.98 Å².